The Morgan fingerprint density at radius 2 is 1.88 bits per heavy atom. The molecule has 0 atom stereocenters. The Morgan fingerprint density at radius 1 is 1.25 bits per heavy atom. The van der Waals surface area contributed by atoms with Crippen molar-refractivity contribution in [2.45, 2.75) is 19.9 Å². The third kappa shape index (κ3) is 4.03. The van der Waals surface area contributed by atoms with Crippen LogP contribution in [0.2, 0.25) is 0 Å². The minimum atomic E-state index is 0.0123. The van der Waals surface area contributed by atoms with Crippen LogP contribution in [0.3, 0.4) is 0 Å². The van der Waals surface area contributed by atoms with E-state index in [9.17, 15) is 4.79 Å². The fourth-order valence-corrected chi connectivity index (χ4v) is 1.47. The smallest absolute Gasteiger partial charge is 0.251 e. The maximum Gasteiger partial charge on any atom is 0.251 e. The highest BCUT2D eigenvalue weighted by atomic mass is 16.1. The average Bonchev–Trinajstić information content (AvgIpc) is 2.26. The van der Waals surface area contributed by atoms with Crippen LogP contribution in [0.25, 0.3) is 0 Å². The van der Waals surface area contributed by atoms with Gasteiger partial charge in [-0.05, 0) is 38.2 Å². The van der Waals surface area contributed by atoms with E-state index in [4.69, 9.17) is 0 Å². The van der Waals surface area contributed by atoms with E-state index < -0.39 is 0 Å². The van der Waals surface area contributed by atoms with E-state index in [1.54, 1.807) is 0 Å². The van der Waals surface area contributed by atoms with E-state index >= 15 is 0 Å². The fraction of sp³-hybridized carbons (Fsp3) is 0.462. The van der Waals surface area contributed by atoms with E-state index in [-0.39, 0.29) is 5.91 Å². The number of rotatable bonds is 5. The lowest BCUT2D eigenvalue weighted by atomic mass is 10.1. The molecule has 0 aromatic heterocycles. The standard InChI is InChI=1S/C13H20N2O/c1-4-9-14-13(16)12-7-5-11(6-8-12)10-15(2)3/h5-8H,4,9-10H2,1-3H3,(H,14,16). The number of nitrogens with zero attached hydrogens (tertiary/aromatic N) is 1. The zero-order chi connectivity index (χ0) is 12.0. The third-order valence-electron chi connectivity index (χ3n) is 2.25. The molecule has 1 amide bonds. The quantitative estimate of drug-likeness (QED) is 0.822. The molecule has 88 valence electrons. The van der Waals surface area contributed by atoms with Crippen LogP contribution in [0.5, 0.6) is 0 Å². The average molecular weight is 220 g/mol. The molecule has 0 unspecified atom stereocenters. The molecule has 0 saturated carbocycles. The molecule has 3 nitrogen and oxygen atoms in total. The molecule has 0 spiro atoms. The van der Waals surface area contributed by atoms with Gasteiger partial charge < -0.3 is 10.2 Å². The molecule has 1 rings (SSSR count). The van der Waals surface area contributed by atoms with Crippen LogP contribution in [0.4, 0.5) is 0 Å². The Bertz CT molecular complexity index is 330. The Morgan fingerprint density at radius 3 is 2.38 bits per heavy atom. The first-order chi connectivity index (χ1) is 7.63. The molecule has 3 heteroatoms. The van der Waals surface area contributed by atoms with Gasteiger partial charge in [-0.15, -0.1) is 0 Å². The molecule has 0 heterocycles. The van der Waals surface area contributed by atoms with Crippen molar-refractivity contribution in [1.82, 2.24) is 10.2 Å². The molecule has 16 heavy (non-hydrogen) atoms. The molecule has 0 saturated heterocycles. The number of benzene rings is 1. The summed E-state index contributed by atoms with van der Waals surface area (Å²) in [6.45, 7) is 3.68. The Kier molecular flexibility index (Phi) is 4.99. The highest BCUT2D eigenvalue weighted by molar-refractivity contribution is 5.94. The molecule has 0 fully saturated rings. The van der Waals surface area contributed by atoms with Gasteiger partial charge in [0.1, 0.15) is 0 Å². The Balaban J connectivity index is 2.60. The highest BCUT2D eigenvalue weighted by Crippen LogP contribution is 2.06. The second-order valence-electron chi connectivity index (χ2n) is 4.19. The second-order valence-corrected chi connectivity index (χ2v) is 4.19. The van der Waals surface area contributed by atoms with E-state index in [0.717, 1.165) is 25.1 Å². The summed E-state index contributed by atoms with van der Waals surface area (Å²) in [6.07, 6.45) is 0.963. The van der Waals surface area contributed by atoms with Crippen LogP contribution in [0.15, 0.2) is 24.3 Å². The van der Waals surface area contributed by atoms with Crippen LogP contribution >= 0.6 is 0 Å². The largest absolute Gasteiger partial charge is 0.352 e. The van der Waals surface area contributed by atoms with Crippen LogP contribution in [-0.2, 0) is 6.54 Å². The summed E-state index contributed by atoms with van der Waals surface area (Å²) in [6, 6.07) is 7.76. The third-order valence-corrected chi connectivity index (χ3v) is 2.25. The molecular weight excluding hydrogens is 200 g/mol. The normalized spacial score (nSPS) is 10.5. The number of amides is 1. The van der Waals surface area contributed by atoms with Crippen LogP contribution in [0.1, 0.15) is 29.3 Å². The van der Waals surface area contributed by atoms with Crippen LogP contribution < -0.4 is 5.32 Å². The van der Waals surface area contributed by atoms with Gasteiger partial charge in [0.2, 0.25) is 0 Å². The zero-order valence-electron chi connectivity index (χ0n) is 10.3. The zero-order valence-corrected chi connectivity index (χ0v) is 10.3. The molecule has 1 aromatic carbocycles. The van der Waals surface area contributed by atoms with Gasteiger partial charge in [0.05, 0.1) is 0 Å². The minimum absolute atomic E-state index is 0.0123. The summed E-state index contributed by atoms with van der Waals surface area (Å²) in [4.78, 5) is 13.7. The van der Waals surface area contributed by atoms with E-state index in [0.29, 0.717) is 0 Å². The summed E-state index contributed by atoms with van der Waals surface area (Å²) < 4.78 is 0. The number of hydrogen-bond donors (Lipinski definition) is 1. The van der Waals surface area contributed by atoms with Gasteiger partial charge in [-0.3, -0.25) is 4.79 Å². The van der Waals surface area contributed by atoms with Gasteiger partial charge in [-0.1, -0.05) is 19.1 Å². The lowest BCUT2D eigenvalue weighted by Gasteiger charge is -2.10. The molecule has 0 aliphatic rings. The number of hydrogen-bond acceptors (Lipinski definition) is 2. The van der Waals surface area contributed by atoms with E-state index in [2.05, 4.69) is 10.2 Å². The highest BCUT2D eigenvalue weighted by Gasteiger charge is 2.03. The van der Waals surface area contributed by atoms with Crippen molar-refractivity contribution in [1.29, 1.82) is 0 Å². The number of nitrogens with one attached hydrogen (secondary N) is 1. The van der Waals surface area contributed by atoms with Crippen molar-refractivity contribution in [3.05, 3.63) is 35.4 Å². The second kappa shape index (κ2) is 6.28. The molecule has 1 aromatic rings. The first-order valence-electron chi connectivity index (χ1n) is 5.65. The molecule has 0 radical (unpaired) electrons. The SMILES string of the molecule is CCCNC(=O)c1ccc(CN(C)C)cc1. The maximum atomic E-state index is 11.6. The van der Waals surface area contributed by atoms with Crippen LogP contribution in [0, 0.1) is 0 Å². The fourth-order valence-electron chi connectivity index (χ4n) is 1.47. The summed E-state index contributed by atoms with van der Waals surface area (Å²) in [5, 5.41) is 2.86. The van der Waals surface area contributed by atoms with Gasteiger partial charge >= 0.3 is 0 Å². The van der Waals surface area contributed by atoms with E-state index in [1.165, 1.54) is 5.56 Å². The van der Waals surface area contributed by atoms with E-state index in [1.807, 2.05) is 45.3 Å². The Hall–Kier alpha value is -1.35. The summed E-state index contributed by atoms with van der Waals surface area (Å²) in [7, 11) is 4.06. The first-order valence-corrected chi connectivity index (χ1v) is 5.65. The monoisotopic (exact) mass is 220 g/mol. The van der Waals surface area contributed by atoms with Crippen molar-refractivity contribution in [2.75, 3.05) is 20.6 Å². The first kappa shape index (κ1) is 12.7. The molecular formula is C13H20N2O. The Labute approximate surface area is 97.5 Å². The van der Waals surface area contributed by atoms with Crippen molar-refractivity contribution >= 4 is 5.91 Å². The summed E-state index contributed by atoms with van der Waals surface area (Å²) in [5.74, 6) is 0.0123. The van der Waals surface area contributed by atoms with Gasteiger partial charge in [0, 0.05) is 18.7 Å². The van der Waals surface area contributed by atoms with Crippen molar-refractivity contribution in [3.8, 4) is 0 Å². The lowest BCUT2D eigenvalue weighted by molar-refractivity contribution is 0.0953. The van der Waals surface area contributed by atoms with Crippen molar-refractivity contribution < 1.29 is 4.79 Å². The predicted octanol–water partition coefficient (Wildman–Crippen LogP) is 1.89. The summed E-state index contributed by atoms with van der Waals surface area (Å²) in [5.41, 5.74) is 1.95. The van der Waals surface area contributed by atoms with Crippen molar-refractivity contribution in [2.24, 2.45) is 0 Å². The predicted molar refractivity (Wildman–Crippen MR) is 66.5 cm³/mol. The number of carbonyl (C=O) groups excluding carboxylic acids is 1. The van der Waals surface area contributed by atoms with Gasteiger partial charge in [-0.25, -0.2) is 0 Å². The molecule has 0 aliphatic heterocycles. The minimum Gasteiger partial charge on any atom is -0.352 e. The topological polar surface area (TPSA) is 32.3 Å². The number of carbonyl (C=O) groups is 1. The van der Waals surface area contributed by atoms with Gasteiger partial charge in [0.25, 0.3) is 5.91 Å². The van der Waals surface area contributed by atoms with Crippen molar-refractivity contribution in [3.63, 3.8) is 0 Å². The molecule has 0 bridgehead atoms. The molecule has 1 N–H and O–H groups in total. The maximum absolute atomic E-state index is 11.6. The summed E-state index contributed by atoms with van der Waals surface area (Å²) >= 11 is 0. The molecule has 0 aliphatic carbocycles. The van der Waals surface area contributed by atoms with Gasteiger partial charge in [0.15, 0.2) is 0 Å². The lowest BCUT2D eigenvalue weighted by Crippen LogP contribution is -2.23. The van der Waals surface area contributed by atoms with Gasteiger partial charge in [-0.2, -0.15) is 0 Å². The van der Waals surface area contributed by atoms with Crippen LogP contribution in [-0.4, -0.2) is 31.4 Å².